The number of nitrogens with one attached hydrogen (secondary N) is 1. The molecule has 1 saturated heterocycles. The van der Waals surface area contributed by atoms with Crippen LogP contribution in [0.25, 0.3) is 0 Å². The van der Waals surface area contributed by atoms with Gasteiger partial charge in [0.15, 0.2) is 0 Å². The largest absolute Gasteiger partial charge is 0.462 e. The maximum Gasteiger partial charge on any atom is 0.123 e. The summed E-state index contributed by atoms with van der Waals surface area (Å²) in [6.07, 6.45) is 2.39. The number of likely N-dealkylation sites (tertiary alicyclic amines) is 1. The van der Waals surface area contributed by atoms with Crippen LogP contribution in [-0.4, -0.2) is 6.54 Å². The van der Waals surface area contributed by atoms with E-state index in [4.69, 9.17) is 0 Å². The van der Waals surface area contributed by atoms with Crippen LogP contribution >= 0.6 is 0 Å². The van der Waals surface area contributed by atoms with E-state index in [1.165, 1.54) is 35.4 Å². The van der Waals surface area contributed by atoms with Gasteiger partial charge < -0.3 is 4.90 Å². The summed E-state index contributed by atoms with van der Waals surface area (Å²) in [6, 6.07) is 7.27. The monoisotopic (exact) mass is 179 g/mol. The second kappa shape index (κ2) is 3.46. The Kier molecular flexibility index (Phi) is 2.32. The van der Waals surface area contributed by atoms with Crippen LogP contribution in [0.4, 0.5) is 4.39 Å². The van der Waals surface area contributed by atoms with E-state index in [1.807, 2.05) is 12.1 Å². The Labute approximate surface area is 78.2 Å². The van der Waals surface area contributed by atoms with E-state index in [1.54, 1.807) is 0 Å². The van der Waals surface area contributed by atoms with Crippen molar-refractivity contribution in [2.24, 2.45) is 0 Å². The minimum atomic E-state index is -0.160. The molecule has 70 valence electrons. The van der Waals surface area contributed by atoms with Crippen LogP contribution < -0.4 is 4.90 Å². The van der Waals surface area contributed by atoms with Gasteiger partial charge in [-0.25, -0.2) is 4.39 Å². The maximum atomic E-state index is 12.6. The van der Waals surface area contributed by atoms with E-state index in [0.29, 0.717) is 6.04 Å². The Morgan fingerprint density at radius 1 is 1.31 bits per heavy atom. The molecule has 0 radical (unpaired) electrons. The molecule has 0 spiro atoms. The fourth-order valence-electron chi connectivity index (χ4n) is 2.01. The lowest BCUT2D eigenvalue weighted by Gasteiger charge is -2.23. The van der Waals surface area contributed by atoms with Crippen molar-refractivity contribution in [3.63, 3.8) is 0 Å². The molecule has 0 amide bonds. The first-order valence-corrected chi connectivity index (χ1v) is 4.70. The molecule has 13 heavy (non-hydrogen) atoms. The number of hydrogen-bond donors (Lipinski definition) is 1. The van der Waals surface area contributed by atoms with Gasteiger partial charge in [-0.15, -0.1) is 0 Å². The smallest absolute Gasteiger partial charge is 0.123 e. The molecule has 0 aromatic heterocycles. The molecule has 2 heteroatoms. The van der Waals surface area contributed by atoms with Gasteiger partial charge in [-0.1, -0.05) is 12.1 Å². The SMILES string of the molecule is [CH2-][NH+]1CCCC1c1ccc(F)cc1. The molecule has 1 aromatic rings. The van der Waals surface area contributed by atoms with E-state index in [0.717, 1.165) is 6.54 Å². The van der Waals surface area contributed by atoms with Crippen LogP contribution in [0.1, 0.15) is 24.4 Å². The van der Waals surface area contributed by atoms with Gasteiger partial charge in [0.2, 0.25) is 0 Å². The van der Waals surface area contributed by atoms with Crippen molar-refractivity contribution in [1.82, 2.24) is 0 Å². The first kappa shape index (κ1) is 8.70. The Balaban J connectivity index is 2.20. The second-order valence-electron chi connectivity index (χ2n) is 3.65. The Bertz CT molecular complexity index is 281. The highest BCUT2D eigenvalue weighted by Gasteiger charge is 2.22. The van der Waals surface area contributed by atoms with Crippen molar-refractivity contribution in [3.8, 4) is 0 Å². The predicted molar refractivity (Wildman–Crippen MR) is 49.6 cm³/mol. The van der Waals surface area contributed by atoms with Crippen LogP contribution in [-0.2, 0) is 0 Å². The molecule has 0 saturated carbocycles. The molecule has 2 unspecified atom stereocenters. The standard InChI is InChI=1S/C11H14FN/c1-13-8-2-3-11(13)9-4-6-10(12)7-5-9/h4-7,11,13H,1-3,8H2. The summed E-state index contributed by atoms with van der Waals surface area (Å²) in [5.41, 5.74) is 1.21. The topological polar surface area (TPSA) is 4.44 Å². The van der Waals surface area contributed by atoms with E-state index in [9.17, 15) is 4.39 Å². The van der Waals surface area contributed by atoms with Crippen LogP contribution in [0.2, 0.25) is 0 Å². The molecule has 0 bridgehead atoms. The van der Waals surface area contributed by atoms with Crippen LogP contribution in [0.5, 0.6) is 0 Å². The molecule has 1 fully saturated rings. The average molecular weight is 179 g/mol. The summed E-state index contributed by atoms with van der Waals surface area (Å²) < 4.78 is 12.6. The molecule has 2 atom stereocenters. The summed E-state index contributed by atoms with van der Waals surface area (Å²) in [6.45, 7) is 1.13. The van der Waals surface area contributed by atoms with E-state index in [2.05, 4.69) is 7.05 Å². The molecule has 0 aliphatic carbocycles. The fourth-order valence-corrected chi connectivity index (χ4v) is 2.01. The lowest BCUT2D eigenvalue weighted by atomic mass is 10.1. The molecule has 1 N–H and O–H groups in total. The van der Waals surface area contributed by atoms with Gasteiger partial charge in [-0.3, -0.25) is 0 Å². The highest BCUT2D eigenvalue weighted by Crippen LogP contribution is 2.18. The summed E-state index contributed by atoms with van der Waals surface area (Å²) in [5.74, 6) is -0.160. The van der Waals surface area contributed by atoms with Crippen molar-refractivity contribution < 1.29 is 9.29 Å². The molecule has 1 aliphatic rings. The number of quaternary nitrogens is 1. The average Bonchev–Trinajstić information content (AvgIpc) is 2.53. The maximum absolute atomic E-state index is 12.6. The van der Waals surface area contributed by atoms with Crippen molar-refractivity contribution in [1.29, 1.82) is 0 Å². The second-order valence-corrected chi connectivity index (χ2v) is 3.65. The fraction of sp³-hybridized carbons (Fsp3) is 0.364. The van der Waals surface area contributed by atoms with Gasteiger partial charge in [0.25, 0.3) is 0 Å². The third kappa shape index (κ3) is 1.73. The molecular weight excluding hydrogens is 165 g/mol. The number of benzene rings is 1. The van der Waals surface area contributed by atoms with Gasteiger partial charge in [0, 0.05) is 18.4 Å². The van der Waals surface area contributed by atoms with E-state index >= 15 is 0 Å². The number of hydrogen-bond acceptors (Lipinski definition) is 0. The highest BCUT2D eigenvalue weighted by molar-refractivity contribution is 5.18. The van der Waals surface area contributed by atoms with Gasteiger partial charge in [0.05, 0.1) is 12.6 Å². The lowest BCUT2D eigenvalue weighted by molar-refractivity contribution is -0.872. The van der Waals surface area contributed by atoms with Gasteiger partial charge >= 0.3 is 0 Å². The molecule has 1 aromatic carbocycles. The molecule has 1 aliphatic heterocycles. The van der Waals surface area contributed by atoms with E-state index in [-0.39, 0.29) is 5.82 Å². The minimum Gasteiger partial charge on any atom is -0.462 e. The first-order valence-electron chi connectivity index (χ1n) is 4.70. The van der Waals surface area contributed by atoms with Crippen LogP contribution in [0.15, 0.2) is 24.3 Å². The van der Waals surface area contributed by atoms with Crippen LogP contribution in [0, 0.1) is 12.9 Å². The predicted octanol–water partition coefficient (Wildman–Crippen LogP) is 1.34. The molecule has 1 heterocycles. The van der Waals surface area contributed by atoms with E-state index < -0.39 is 0 Å². The Morgan fingerprint density at radius 2 is 2.00 bits per heavy atom. The summed E-state index contributed by atoms with van der Waals surface area (Å²) >= 11 is 0. The number of rotatable bonds is 1. The zero-order chi connectivity index (χ0) is 9.26. The van der Waals surface area contributed by atoms with Crippen LogP contribution in [0.3, 0.4) is 0 Å². The van der Waals surface area contributed by atoms with Gasteiger partial charge in [-0.05, 0) is 12.1 Å². The summed E-state index contributed by atoms with van der Waals surface area (Å²) in [7, 11) is 4.04. The zero-order valence-corrected chi connectivity index (χ0v) is 7.59. The highest BCUT2D eigenvalue weighted by atomic mass is 19.1. The Hall–Kier alpha value is -0.890. The normalized spacial score (nSPS) is 27.8. The van der Waals surface area contributed by atoms with Crippen molar-refractivity contribution in [2.75, 3.05) is 6.54 Å². The van der Waals surface area contributed by atoms with Crippen molar-refractivity contribution in [3.05, 3.63) is 42.7 Å². The minimum absolute atomic E-state index is 0.160. The van der Waals surface area contributed by atoms with Crippen molar-refractivity contribution in [2.45, 2.75) is 18.9 Å². The quantitative estimate of drug-likeness (QED) is 0.620. The summed E-state index contributed by atoms with van der Waals surface area (Å²) in [4.78, 5) is 1.30. The summed E-state index contributed by atoms with van der Waals surface area (Å²) in [5, 5.41) is 0. The molecule has 2 rings (SSSR count). The third-order valence-corrected chi connectivity index (χ3v) is 2.76. The third-order valence-electron chi connectivity index (χ3n) is 2.76. The molecule has 1 nitrogen and oxygen atoms in total. The zero-order valence-electron chi connectivity index (χ0n) is 7.59. The lowest BCUT2D eigenvalue weighted by Crippen LogP contribution is -3.04. The van der Waals surface area contributed by atoms with Gasteiger partial charge in [0.1, 0.15) is 5.82 Å². The first-order chi connectivity index (χ1) is 6.27. The Morgan fingerprint density at radius 3 is 2.54 bits per heavy atom. The van der Waals surface area contributed by atoms with Crippen molar-refractivity contribution >= 4 is 0 Å². The number of halogens is 1. The van der Waals surface area contributed by atoms with Gasteiger partial charge in [-0.2, -0.15) is 7.05 Å². The molecular formula is C11H14FN.